The van der Waals surface area contributed by atoms with Gasteiger partial charge in [-0.15, -0.1) is 11.3 Å². The molecule has 0 fully saturated rings. The molecule has 5 nitrogen and oxygen atoms in total. The summed E-state index contributed by atoms with van der Waals surface area (Å²) >= 11 is 1.66. The molecule has 2 aromatic carbocycles. The molecule has 0 saturated heterocycles. The van der Waals surface area contributed by atoms with E-state index < -0.39 is 5.60 Å². The summed E-state index contributed by atoms with van der Waals surface area (Å²) in [6.07, 6.45) is 0.880. The zero-order chi connectivity index (χ0) is 24.2. The van der Waals surface area contributed by atoms with Gasteiger partial charge in [0.15, 0.2) is 5.60 Å². The lowest BCUT2D eigenvalue weighted by atomic mass is 10.1. The predicted octanol–water partition coefficient (Wildman–Crippen LogP) is 6.85. The molecule has 0 amide bonds. The fourth-order valence-corrected chi connectivity index (χ4v) is 4.53. The fourth-order valence-electron chi connectivity index (χ4n) is 3.48. The van der Waals surface area contributed by atoms with E-state index in [9.17, 15) is 4.79 Å². The topological polar surface area (TPSA) is 57.7 Å². The molecule has 0 aliphatic carbocycles. The first kappa shape index (κ1) is 24.8. The second-order valence-electron chi connectivity index (χ2n) is 8.54. The summed E-state index contributed by atoms with van der Waals surface area (Å²) in [4.78, 5) is 18.0. The van der Waals surface area contributed by atoms with Crippen LogP contribution in [0.25, 0.3) is 10.6 Å². The molecule has 0 radical (unpaired) electrons. The molecule has 3 aromatic rings. The zero-order valence-corrected chi connectivity index (χ0v) is 21.3. The average Bonchev–Trinajstić information content (AvgIpc) is 3.17. The molecule has 176 valence electrons. The Morgan fingerprint density at radius 3 is 2.39 bits per heavy atom. The van der Waals surface area contributed by atoms with Crippen molar-refractivity contribution < 1.29 is 19.0 Å². The second kappa shape index (κ2) is 10.4. The maximum atomic E-state index is 12.1. The second-order valence-corrected chi connectivity index (χ2v) is 9.57. The number of carbonyl (C=O) groups excluding carboxylic acids is 1. The van der Waals surface area contributed by atoms with E-state index in [0.717, 1.165) is 38.9 Å². The minimum Gasteiger partial charge on any atom is -0.485 e. The van der Waals surface area contributed by atoms with Gasteiger partial charge in [0.25, 0.3) is 0 Å². The van der Waals surface area contributed by atoms with Crippen LogP contribution in [0.2, 0.25) is 0 Å². The summed E-state index contributed by atoms with van der Waals surface area (Å²) in [7, 11) is 0. The third kappa shape index (κ3) is 5.93. The Morgan fingerprint density at radius 2 is 1.79 bits per heavy atom. The number of ether oxygens (including phenoxy) is 3. The Balaban J connectivity index is 1.73. The monoisotopic (exact) mass is 467 g/mol. The lowest BCUT2D eigenvalue weighted by Crippen LogP contribution is -2.39. The third-order valence-electron chi connectivity index (χ3n) is 5.40. The van der Waals surface area contributed by atoms with E-state index in [1.807, 2.05) is 39.0 Å². The first-order chi connectivity index (χ1) is 15.6. The smallest absolute Gasteiger partial charge is 0.349 e. The normalized spacial score (nSPS) is 12.3. The Bertz CT molecular complexity index is 1100. The van der Waals surface area contributed by atoms with Crippen LogP contribution in [0.5, 0.6) is 11.5 Å². The number of benzene rings is 2. The quantitative estimate of drug-likeness (QED) is 0.322. The Morgan fingerprint density at radius 1 is 1.09 bits per heavy atom. The van der Waals surface area contributed by atoms with Crippen LogP contribution in [-0.2, 0) is 16.0 Å². The van der Waals surface area contributed by atoms with Crippen molar-refractivity contribution in [2.75, 3.05) is 6.61 Å². The van der Waals surface area contributed by atoms with Gasteiger partial charge in [-0.05, 0) is 77.3 Å². The molecule has 33 heavy (non-hydrogen) atoms. The minimum absolute atomic E-state index is 0.145. The molecule has 0 saturated carbocycles. The van der Waals surface area contributed by atoms with Crippen molar-refractivity contribution >= 4 is 17.3 Å². The molecule has 6 heteroatoms. The van der Waals surface area contributed by atoms with Crippen molar-refractivity contribution in [3.63, 3.8) is 0 Å². The standard InChI is InChI=1S/C27H33NO4S/c1-8-20-10-12-21(13-11-20)25-28-18(4)24(33-25)19(5)31-22-14-15-23(17(3)16-22)32-27(6,7)26(29)30-9-2/h10-16,19H,8-9H2,1-7H3. The molecule has 1 heterocycles. The summed E-state index contributed by atoms with van der Waals surface area (Å²) in [5.74, 6) is 0.974. The van der Waals surface area contributed by atoms with Crippen molar-refractivity contribution in [1.82, 2.24) is 4.98 Å². The summed E-state index contributed by atoms with van der Waals surface area (Å²) in [6, 6.07) is 14.2. The zero-order valence-electron chi connectivity index (χ0n) is 20.5. The van der Waals surface area contributed by atoms with Crippen molar-refractivity contribution in [3.8, 4) is 22.1 Å². The van der Waals surface area contributed by atoms with Gasteiger partial charge in [-0.2, -0.15) is 0 Å². The maximum absolute atomic E-state index is 12.1. The van der Waals surface area contributed by atoms with E-state index >= 15 is 0 Å². The number of carbonyl (C=O) groups is 1. The maximum Gasteiger partial charge on any atom is 0.349 e. The third-order valence-corrected chi connectivity index (χ3v) is 6.77. The van der Waals surface area contributed by atoms with Gasteiger partial charge in [0.1, 0.15) is 22.6 Å². The van der Waals surface area contributed by atoms with Gasteiger partial charge in [0.2, 0.25) is 0 Å². The molecule has 3 rings (SSSR count). The number of thiazole rings is 1. The highest BCUT2D eigenvalue weighted by Gasteiger charge is 2.32. The van der Waals surface area contributed by atoms with Crippen LogP contribution >= 0.6 is 11.3 Å². The summed E-state index contributed by atoms with van der Waals surface area (Å²) < 4.78 is 17.3. The largest absolute Gasteiger partial charge is 0.485 e. The molecule has 0 aliphatic heterocycles. The van der Waals surface area contributed by atoms with Crippen LogP contribution in [0, 0.1) is 13.8 Å². The van der Waals surface area contributed by atoms with Gasteiger partial charge in [-0.25, -0.2) is 9.78 Å². The lowest BCUT2D eigenvalue weighted by Gasteiger charge is -2.25. The van der Waals surface area contributed by atoms with Crippen LogP contribution in [-0.4, -0.2) is 23.2 Å². The van der Waals surface area contributed by atoms with Gasteiger partial charge in [0, 0.05) is 5.56 Å². The molecular formula is C27H33NO4S. The molecule has 0 bridgehead atoms. The molecule has 1 aromatic heterocycles. The molecular weight excluding hydrogens is 434 g/mol. The molecule has 0 spiro atoms. The van der Waals surface area contributed by atoms with Crippen molar-refractivity contribution in [1.29, 1.82) is 0 Å². The van der Waals surface area contributed by atoms with Crippen LogP contribution in [0.1, 0.15) is 62.4 Å². The lowest BCUT2D eigenvalue weighted by molar-refractivity contribution is -0.158. The summed E-state index contributed by atoms with van der Waals surface area (Å²) in [5, 5.41) is 1.00. The summed E-state index contributed by atoms with van der Waals surface area (Å²) in [6.45, 7) is 13.7. The van der Waals surface area contributed by atoms with E-state index in [-0.39, 0.29) is 12.1 Å². The first-order valence-corrected chi connectivity index (χ1v) is 12.2. The highest BCUT2D eigenvalue weighted by atomic mass is 32.1. The Labute approximate surface area is 200 Å². The van der Waals surface area contributed by atoms with Gasteiger partial charge in [0.05, 0.1) is 17.2 Å². The molecule has 0 aliphatic rings. The van der Waals surface area contributed by atoms with Gasteiger partial charge in [-0.3, -0.25) is 0 Å². The number of aryl methyl sites for hydroxylation is 3. The van der Waals surface area contributed by atoms with E-state index in [4.69, 9.17) is 19.2 Å². The van der Waals surface area contributed by atoms with Crippen molar-refractivity contribution in [3.05, 3.63) is 64.2 Å². The number of hydrogen-bond acceptors (Lipinski definition) is 6. The Kier molecular flexibility index (Phi) is 7.80. The van der Waals surface area contributed by atoms with Gasteiger partial charge in [-0.1, -0.05) is 31.2 Å². The van der Waals surface area contributed by atoms with Crippen LogP contribution in [0.3, 0.4) is 0 Å². The molecule has 1 unspecified atom stereocenters. The SMILES string of the molecule is CCOC(=O)C(C)(C)Oc1ccc(OC(C)c2sc(-c3ccc(CC)cc3)nc2C)cc1C. The van der Waals surface area contributed by atoms with Crippen LogP contribution in [0.15, 0.2) is 42.5 Å². The Hall–Kier alpha value is -2.86. The van der Waals surface area contributed by atoms with Crippen molar-refractivity contribution in [2.45, 2.75) is 66.6 Å². The van der Waals surface area contributed by atoms with E-state index in [1.54, 1.807) is 32.1 Å². The number of hydrogen-bond donors (Lipinski definition) is 0. The fraction of sp³-hybridized carbons (Fsp3) is 0.407. The van der Waals surface area contributed by atoms with Gasteiger partial charge >= 0.3 is 5.97 Å². The van der Waals surface area contributed by atoms with E-state index in [1.165, 1.54) is 5.56 Å². The minimum atomic E-state index is -1.07. The van der Waals surface area contributed by atoms with Crippen LogP contribution < -0.4 is 9.47 Å². The average molecular weight is 468 g/mol. The highest BCUT2D eigenvalue weighted by molar-refractivity contribution is 7.15. The molecule has 1 atom stereocenters. The van der Waals surface area contributed by atoms with E-state index in [2.05, 4.69) is 31.2 Å². The highest BCUT2D eigenvalue weighted by Crippen LogP contribution is 2.35. The van der Waals surface area contributed by atoms with E-state index in [0.29, 0.717) is 12.4 Å². The summed E-state index contributed by atoms with van der Waals surface area (Å²) in [5.41, 5.74) is 3.24. The van der Waals surface area contributed by atoms with Gasteiger partial charge < -0.3 is 14.2 Å². The predicted molar refractivity (Wildman–Crippen MR) is 133 cm³/mol. The van der Waals surface area contributed by atoms with Crippen LogP contribution in [0.4, 0.5) is 0 Å². The number of esters is 1. The number of aromatic nitrogens is 1. The first-order valence-electron chi connectivity index (χ1n) is 11.3. The molecule has 0 N–H and O–H groups in total. The number of nitrogens with zero attached hydrogens (tertiary/aromatic N) is 1. The van der Waals surface area contributed by atoms with Crippen molar-refractivity contribution in [2.24, 2.45) is 0 Å². The number of rotatable bonds is 9.